The zero-order chi connectivity index (χ0) is 14.7. The molecule has 0 aliphatic heterocycles. The van der Waals surface area contributed by atoms with Gasteiger partial charge in [-0.25, -0.2) is 9.37 Å². The van der Waals surface area contributed by atoms with Crippen LogP contribution in [0.4, 0.5) is 4.39 Å². The summed E-state index contributed by atoms with van der Waals surface area (Å²) in [4.78, 5) is 4.26. The summed E-state index contributed by atoms with van der Waals surface area (Å²) >= 11 is 14.9. The molecular formula is C13H10BrCl2FN2O. The summed E-state index contributed by atoms with van der Waals surface area (Å²) < 4.78 is 19.5. The van der Waals surface area contributed by atoms with Crippen LogP contribution in [-0.2, 0) is 6.54 Å². The molecule has 106 valence electrons. The van der Waals surface area contributed by atoms with Crippen LogP contribution >= 0.6 is 39.1 Å². The highest BCUT2D eigenvalue weighted by Gasteiger charge is 2.11. The average Bonchev–Trinajstić information content (AvgIpc) is 2.40. The van der Waals surface area contributed by atoms with Crippen LogP contribution in [0.3, 0.4) is 0 Å². The molecule has 0 aliphatic rings. The van der Waals surface area contributed by atoms with Gasteiger partial charge in [-0.15, -0.1) is 0 Å². The number of aromatic nitrogens is 1. The third-order valence-corrected chi connectivity index (χ3v) is 3.68. The van der Waals surface area contributed by atoms with Crippen molar-refractivity contribution in [2.24, 2.45) is 0 Å². The van der Waals surface area contributed by atoms with Crippen LogP contribution in [0.15, 0.2) is 28.7 Å². The number of nitrogens with one attached hydrogen (secondary N) is 1. The van der Waals surface area contributed by atoms with E-state index in [1.165, 1.54) is 12.1 Å². The molecule has 0 fully saturated rings. The molecule has 7 heteroatoms. The smallest absolute Gasteiger partial charge is 0.219 e. The van der Waals surface area contributed by atoms with Gasteiger partial charge in [-0.3, -0.25) is 0 Å². The van der Waals surface area contributed by atoms with Crippen molar-refractivity contribution in [2.45, 2.75) is 6.54 Å². The Kier molecular flexibility index (Phi) is 5.21. The molecule has 0 saturated carbocycles. The van der Waals surface area contributed by atoms with E-state index in [1.807, 2.05) is 0 Å². The third-order valence-electron chi connectivity index (χ3n) is 2.43. The number of nitrogens with zero attached hydrogens (tertiary/aromatic N) is 1. The van der Waals surface area contributed by atoms with Crippen molar-refractivity contribution in [2.75, 3.05) is 7.05 Å². The van der Waals surface area contributed by atoms with Gasteiger partial charge in [0.05, 0.1) is 20.2 Å². The van der Waals surface area contributed by atoms with Crippen LogP contribution in [0.5, 0.6) is 11.6 Å². The second-order valence-corrected chi connectivity index (χ2v) is 5.58. The standard InChI is InChI=1S/C13H10BrCl2FN2O/c1-18-6-11-8(15)2-3-13(19-11)20-12-5-10(17)9(16)4-7(12)14/h2-5,18H,6H2,1H3. The Morgan fingerprint density at radius 2 is 2.05 bits per heavy atom. The Bertz CT molecular complexity index is 640. The number of hydrogen-bond donors (Lipinski definition) is 1. The highest BCUT2D eigenvalue weighted by atomic mass is 79.9. The number of rotatable bonds is 4. The highest BCUT2D eigenvalue weighted by Crippen LogP contribution is 2.33. The summed E-state index contributed by atoms with van der Waals surface area (Å²) in [6.45, 7) is 0.506. The lowest BCUT2D eigenvalue weighted by atomic mass is 10.3. The Balaban J connectivity index is 2.30. The lowest BCUT2D eigenvalue weighted by molar-refractivity contribution is 0.452. The van der Waals surface area contributed by atoms with Crippen LogP contribution in [0.25, 0.3) is 0 Å². The van der Waals surface area contributed by atoms with Crippen LogP contribution < -0.4 is 10.1 Å². The van der Waals surface area contributed by atoms with Gasteiger partial charge < -0.3 is 10.1 Å². The van der Waals surface area contributed by atoms with Gasteiger partial charge >= 0.3 is 0 Å². The minimum Gasteiger partial charge on any atom is -0.438 e. The minimum absolute atomic E-state index is 0.0177. The number of halogens is 4. The molecule has 20 heavy (non-hydrogen) atoms. The van der Waals surface area contributed by atoms with Gasteiger partial charge in [0, 0.05) is 18.7 Å². The molecule has 1 aromatic carbocycles. The zero-order valence-corrected chi connectivity index (χ0v) is 13.5. The van der Waals surface area contributed by atoms with Crippen molar-refractivity contribution >= 4 is 39.1 Å². The topological polar surface area (TPSA) is 34.2 Å². The first-order valence-electron chi connectivity index (χ1n) is 5.63. The van der Waals surface area contributed by atoms with Crippen molar-refractivity contribution in [1.82, 2.24) is 10.3 Å². The van der Waals surface area contributed by atoms with Crippen molar-refractivity contribution in [3.05, 3.63) is 50.3 Å². The van der Waals surface area contributed by atoms with E-state index in [4.69, 9.17) is 27.9 Å². The maximum atomic E-state index is 13.4. The van der Waals surface area contributed by atoms with Crippen LogP contribution in [0.2, 0.25) is 10.0 Å². The highest BCUT2D eigenvalue weighted by molar-refractivity contribution is 9.10. The second-order valence-electron chi connectivity index (χ2n) is 3.91. The van der Waals surface area contributed by atoms with Crippen molar-refractivity contribution < 1.29 is 9.13 Å². The molecule has 0 radical (unpaired) electrons. The summed E-state index contributed by atoms with van der Waals surface area (Å²) in [6, 6.07) is 5.91. The van der Waals surface area contributed by atoms with Gasteiger partial charge in [0.15, 0.2) is 0 Å². The van der Waals surface area contributed by atoms with E-state index in [9.17, 15) is 4.39 Å². The van der Waals surface area contributed by atoms with Crippen LogP contribution in [0.1, 0.15) is 5.69 Å². The normalized spacial score (nSPS) is 10.7. The van der Waals surface area contributed by atoms with Gasteiger partial charge in [-0.1, -0.05) is 23.2 Å². The fourth-order valence-electron chi connectivity index (χ4n) is 1.51. The van der Waals surface area contributed by atoms with E-state index in [-0.39, 0.29) is 10.8 Å². The molecule has 0 bridgehead atoms. The summed E-state index contributed by atoms with van der Waals surface area (Å²) in [5.41, 5.74) is 0.650. The molecule has 2 aromatic rings. The molecule has 0 atom stereocenters. The molecule has 0 aliphatic carbocycles. The van der Waals surface area contributed by atoms with Gasteiger partial charge in [0.1, 0.15) is 11.6 Å². The predicted octanol–water partition coefficient (Wildman–Crippen LogP) is 4.80. The van der Waals surface area contributed by atoms with E-state index < -0.39 is 5.82 Å². The molecule has 0 spiro atoms. The summed E-state index contributed by atoms with van der Waals surface area (Å²) in [7, 11) is 1.79. The van der Waals surface area contributed by atoms with Gasteiger partial charge in [0.2, 0.25) is 5.88 Å². The first-order chi connectivity index (χ1) is 9.51. The summed E-state index contributed by atoms with van der Waals surface area (Å²) in [5, 5.41) is 3.51. The van der Waals surface area contributed by atoms with E-state index >= 15 is 0 Å². The quantitative estimate of drug-likeness (QED) is 0.774. The van der Waals surface area contributed by atoms with Crippen LogP contribution in [-0.4, -0.2) is 12.0 Å². The number of hydrogen-bond acceptors (Lipinski definition) is 3. The molecule has 0 amide bonds. The Labute approximate surface area is 134 Å². The number of benzene rings is 1. The molecule has 2 rings (SSSR count). The Morgan fingerprint density at radius 3 is 2.75 bits per heavy atom. The summed E-state index contributed by atoms with van der Waals surface area (Å²) in [5.74, 6) is 0.0495. The number of ether oxygens (including phenoxy) is 1. The number of pyridine rings is 1. The Morgan fingerprint density at radius 1 is 1.30 bits per heavy atom. The zero-order valence-electron chi connectivity index (χ0n) is 10.4. The second kappa shape index (κ2) is 6.72. The van der Waals surface area contributed by atoms with E-state index in [1.54, 1.807) is 19.2 Å². The largest absolute Gasteiger partial charge is 0.438 e. The van der Waals surface area contributed by atoms with E-state index in [0.717, 1.165) is 0 Å². The molecule has 0 unspecified atom stereocenters. The SMILES string of the molecule is CNCc1nc(Oc2cc(F)c(Cl)cc2Br)ccc1Cl. The van der Waals surface area contributed by atoms with Crippen LogP contribution in [0, 0.1) is 5.82 Å². The first-order valence-corrected chi connectivity index (χ1v) is 7.18. The van der Waals surface area contributed by atoms with E-state index in [2.05, 4.69) is 26.2 Å². The lowest BCUT2D eigenvalue weighted by Gasteiger charge is -2.10. The first kappa shape index (κ1) is 15.5. The molecule has 3 nitrogen and oxygen atoms in total. The monoisotopic (exact) mass is 378 g/mol. The van der Waals surface area contributed by atoms with Crippen molar-refractivity contribution in [3.8, 4) is 11.6 Å². The molecule has 1 heterocycles. The van der Waals surface area contributed by atoms with Crippen molar-refractivity contribution in [1.29, 1.82) is 0 Å². The average molecular weight is 380 g/mol. The van der Waals surface area contributed by atoms with Gasteiger partial charge in [-0.05, 0) is 35.1 Å². The Hall–Kier alpha value is -0.880. The molecule has 0 saturated heterocycles. The third kappa shape index (κ3) is 3.61. The van der Waals surface area contributed by atoms with E-state index in [0.29, 0.717) is 27.6 Å². The maximum absolute atomic E-state index is 13.4. The van der Waals surface area contributed by atoms with Gasteiger partial charge in [0.25, 0.3) is 0 Å². The van der Waals surface area contributed by atoms with Crippen molar-refractivity contribution in [3.63, 3.8) is 0 Å². The lowest BCUT2D eigenvalue weighted by Crippen LogP contribution is -2.08. The predicted molar refractivity (Wildman–Crippen MR) is 81.2 cm³/mol. The fourth-order valence-corrected chi connectivity index (χ4v) is 2.40. The van der Waals surface area contributed by atoms with Gasteiger partial charge in [-0.2, -0.15) is 0 Å². The maximum Gasteiger partial charge on any atom is 0.219 e. The fraction of sp³-hybridized carbons (Fsp3) is 0.154. The molecule has 1 N–H and O–H groups in total. The minimum atomic E-state index is -0.561. The molecule has 1 aromatic heterocycles. The summed E-state index contributed by atoms with van der Waals surface area (Å²) in [6.07, 6.45) is 0. The molecular weight excluding hydrogens is 370 g/mol.